The molecule has 10 nitrogen and oxygen atoms in total. The number of rotatable bonds is 75. The normalized spacial score (nSPS) is 11.0. The summed E-state index contributed by atoms with van der Waals surface area (Å²) in [6.07, 6.45) is 106. The number of carbonyl (C=O) groups excluding carboxylic acids is 2. The summed E-state index contributed by atoms with van der Waals surface area (Å²) in [7, 11) is 0. The van der Waals surface area contributed by atoms with Crippen LogP contribution in [0.3, 0.4) is 0 Å². The van der Waals surface area contributed by atoms with Crippen molar-refractivity contribution in [1.82, 2.24) is 0 Å². The summed E-state index contributed by atoms with van der Waals surface area (Å²) in [5.41, 5.74) is 0. The van der Waals surface area contributed by atoms with Gasteiger partial charge in [-0.15, -0.1) is 0 Å². The Morgan fingerprint density at radius 2 is 0.294 bits per heavy atom. The maximum absolute atomic E-state index is 10.3. The van der Waals surface area contributed by atoms with Gasteiger partial charge in [0, 0.05) is 31.2 Å². The summed E-state index contributed by atoms with van der Waals surface area (Å²) in [6, 6.07) is 0. The van der Waals surface area contributed by atoms with Gasteiger partial charge in [-0.25, -0.2) is 0 Å². The standard InChI is InChI=1S/5C18H34O2.2K/c5*1-2-3-4-5-6-7-8-9-10-11-12-13-14-15-16-17-18(19)20;;/h5*9-10H,2-8,11-17H2,1H3,(H,19,20);;/q;;;;;2*+1/p-2/b5*10-9-;;. The van der Waals surface area contributed by atoms with Crippen molar-refractivity contribution in [3.63, 3.8) is 0 Å². The third kappa shape index (κ3) is 135. The molecule has 0 aliphatic rings. The van der Waals surface area contributed by atoms with E-state index in [-0.39, 0.29) is 116 Å². The van der Waals surface area contributed by atoms with Crippen LogP contribution in [0.1, 0.15) is 484 Å². The Morgan fingerprint density at radius 3 is 0.412 bits per heavy atom. The third-order valence-corrected chi connectivity index (χ3v) is 18.2. The molecule has 0 aromatic rings. The molecular formula is C90H168K2O10. The second-order valence-electron chi connectivity index (χ2n) is 28.6. The van der Waals surface area contributed by atoms with Crippen molar-refractivity contribution in [3.8, 4) is 0 Å². The van der Waals surface area contributed by atoms with Crippen molar-refractivity contribution in [2.75, 3.05) is 0 Å². The van der Waals surface area contributed by atoms with E-state index in [1.165, 1.54) is 340 Å². The summed E-state index contributed by atoms with van der Waals surface area (Å²) in [4.78, 5) is 51.4. The fourth-order valence-electron chi connectivity index (χ4n) is 11.7. The van der Waals surface area contributed by atoms with Gasteiger partial charge in [0.1, 0.15) is 0 Å². The molecule has 0 aromatic carbocycles. The molecule has 0 atom stereocenters. The largest absolute Gasteiger partial charge is 1.00 e. The van der Waals surface area contributed by atoms with Crippen LogP contribution in [0.2, 0.25) is 0 Å². The van der Waals surface area contributed by atoms with Crippen LogP contribution in [0.15, 0.2) is 60.8 Å². The summed E-state index contributed by atoms with van der Waals surface area (Å²) in [5.74, 6) is -3.82. The van der Waals surface area contributed by atoms with E-state index in [1.807, 2.05) is 0 Å². The van der Waals surface area contributed by atoms with Gasteiger partial charge in [-0.3, -0.25) is 14.4 Å². The fourth-order valence-corrected chi connectivity index (χ4v) is 11.7. The van der Waals surface area contributed by atoms with E-state index >= 15 is 0 Å². The van der Waals surface area contributed by atoms with Gasteiger partial charge >= 0.3 is 121 Å². The molecule has 0 fully saturated rings. The van der Waals surface area contributed by atoms with Gasteiger partial charge < -0.3 is 35.1 Å². The molecule has 0 aliphatic carbocycles. The smallest absolute Gasteiger partial charge is 0.550 e. The topological polar surface area (TPSA) is 192 Å². The molecule has 0 unspecified atom stereocenters. The molecule has 590 valence electrons. The Kier molecular flexibility index (Phi) is 125. The number of hydrogen-bond donors (Lipinski definition) is 3. The average molecular weight is 1490 g/mol. The van der Waals surface area contributed by atoms with Crippen molar-refractivity contribution < 1.29 is 152 Å². The average Bonchev–Trinajstić information content (AvgIpc) is 3.77. The van der Waals surface area contributed by atoms with Crippen LogP contribution in [-0.4, -0.2) is 45.2 Å². The number of carboxylic acid groups (broad SMARTS) is 5. The molecule has 0 rings (SSSR count). The molecule has 0 aliphatic heterocycles. The molecule has 0 radical (unpaired) electrons. The van der Waals surface area contributed by atoms with Gasteiger partial charge in [0.2, 0.25) is 0 Å². The summed E-state index contributed by atoms with van der Waals surface area (Å²) in [5, 5.41) is 46.0. The number of carbonyl (C=O) groups is 5. The minimum Gasteiger partial charge on any atom is -0.550 e. The Hall–Kier alpha value is -0.677. The first kappa shape index (κ1) is 115. The third-order valence-electron chi connectivity index (χ3n) is 18.2. The second kappa shape index (κ2) is 111. The van der Waals surface area contributed by atoms with Crippen LogP contribution in [0, 0.1) is 0 Å². The Labute approximate surface area is 718 Å². The Morgan fingerprint density at radius 1 is 0.186 bits per heavy atom. The number of allylic oxidation sites excluding steroid dienone is 10. The monoisotopic (exact) mass is 1490 g/mol. The zero-order chi connectivity index (χ0) is 74.5. The first-order chi connectivity index (χ1) is 48.9. The minimum absolute atomic E-state index is 0. The second-order valence-corrected chi connectivity index (χ2v) is 28.6. The van der Waals surface area contributed by atoms with Crippen molar-refractivity contribution in [2.45, 2.75) is 484 Å². The first-order valence-electron chi connectivity index (χ1n) is 43.2. The van der Waals surface area contributed by atoms with E-state index in [9.17, 15) is 34.2 Å². The van der Waals surface area contributed by atoms with Gasteiger partial charge in [0.15, 0.2) is 0 Å². The van der Waals surface area contributed by atoms with Crippen molar-refractivity contribution in [3.05, 3.63) is 60.8 Å². The number of aliphatic carboxylic acids is 5. The molecule has 12 heteroatoms. The molecular weight excluding hydrogens is 1320 g/mol. The number of carboxylic acids is 5. The summed E-state index contributed by atoms with van der Waals surface area (Å²) >= 11 is 0. The van der Waals surface area contributed by atoms with Crippen LogP contribution < -0.4 is 113 Å². The van der Waals surface area contributed by atoms with Crippen LogP contribution in [0.5, 0.6) is 0 Å². The molecule has 0 saturated carbocycles. The predicted octanol–water partition coefficient (Wildman–Crippen LogP) is 21.9. The maximum Gasteiger partial charge on any atom is 1.00 e. The molecule has 0 amide bonds. The zero-order valence-corrected chi connectivity index (χ0v) is 75.2. The molecule has 0 heterocycles. The molecule has 0 saturated heterocycles. The van der Waals surface area contributed by atoms with Crippen LogP contribution >= 0.6 is 0 Å². The quantitative estimate of drug-likeness (QED) is 0.0300. The SMILES string of the molecule is CCCCCCCC/C=C\CCCCCCCC(=O)O.CCCCCCCC/C=C\CCCCCCCC(=O)O.CCCCCCCC/C=C\CCCCCCCC(=O)O.CCCCCCCC/C=C\CCCCCCCC(=O)[O-].CCCCCCCC/C=C\CCCCCCCC(=O)[O-].[K+].[K+]. The van der Waals surface area contributed by atoms with Gasteiger partial charge in [-0.2, -0.15) is 0 Å². The Bertz CT molecular complexity index is 1470. The molecule has 0 aromatic heterocycles. The van der Waals surface area contributed by atoms with E-state index in [0.29, 0.717) is 19.3 Å². The molecule has 0 spiro atoms. The van der Waals surface area contributed by atoms with E-state index in [1.54, 1.807) is 0 Å². The van der Waals surface area contributed by atoms with E-state index in [0.717, 1.165) is 77.0 Å². The molecule has 0 bridgehead atoms. The summed E-state index contributed by atoms with van der Waals surface area (Å²) in [6.45, 7) is 11.3. The van der Waals surface area contributed by atoms with Crippen LogP contribution in [-0.2, 0) is 24.0 Å². The molecule has 3 N–H and O–H groups in total. The van der Waals surface area contributed by atoms with Crippen molar-refractivity contribution in [1.29, 1.82) is 0 Å². The van der Waals surface area contributed by atoms with E-state index in [2.05, 4.69) is 95.4 Å². The van der Waals surface area contributed by atoms with E-state index in [4.69, 9.17) is 15.3 Å². The van der Waals surface area contributed by atoms with Gasteiger partial charge in [0.05, 0.1) is 0 Å². The number of unbranched alkanes of at least 4 members (excludes halogenated alkanes) is 55. The fraction of sp³-hybridized carbons (Fsp3) is 0.833. The number of hydrogen-bond acceptors (Lipinski definition) is 7. The van der Waals surface area contributed by atoms with E-state index < -0.39 is 29.8 Å². The van der Waals surface area contributed by atoms with Gasteiger partial charge in [-0.1, -0.05) is 352 Å². The minimum atomic E-state index is -0.914. The predicted molar refractivity (Wildman–Crippen MR) is 430 cm³/mol. The van der Waals surface area contributed by atoms with Crippen molar-refractivity contribution in [2.24, 2.45) is 0 Å². The summed E-state index contributed by atoms with van der Waals surface area (Å²) < 4.78 is 0. The zero-order valence-electron chi connectivity index (χ0n) is 69.0. The first-order valence-corrected chi connectivity index (χ1v) is 43.2. The maximum atomic E-state index is 10.3. The van der Waals surface area contributed by atoms with Crippen LogP contribution in [0.25, 0.3) is 0 Å². The molecule has 102 heavy (non-hydrogen) atoms. The van der Waals surface area contributed by atoms with Gasteiger partial charge in [0.25, 0.3) is 0 Å². The van der Waals surface area contributed by atoms with Gasteiger partial charge in [-0.05, 0) is 173 Å². The van der Waals surface area contributed by atoms with Crippen molar-refractivity contribution >= 4 is 29.8 Å². The van der Waals surface area contributed by atoms with Crippen LogP contribution in [0.4, 0.5) is 0 Å². The Balaban J connectivity index is -0.000000220.